The third-order valence-corrected chi connectivity index (χ3v) is 5.41. The Bertz CT molecular complexity index is 719. The van der Waals surface area contributed by atoms with Crippen LogP contribution in [0.4, 0.5) is 0 Å². The Morgan fingerprint density at radius 2 is 2.10 bits per heavy atom. The lowest BCUT2D eigenvalue weighted by molar-refractivity contribution is 0.00924. The minimum atomic E-state index is -3.12. The fourth-order valence-corrected chi connectivity index (χ4v) is 4.09. The zero-order valence-corrected chi connectivity index (χ0v) is 13.0. The predicted molar refractivity (Wildman–Crippen MR) is 78.1 cm³/mol. The first-order chi connectivity index (χ1) is 9.82. The molecule has 2 rings (SSSR count). The summed E-state index contributed by atoms with van der Waals surface area (Å²) in [5.74, 6) is 0.129. The summed E-state index contributed by atoms with van der Waals surface area (Å²) in [5, 5.41) is 0. The van der Waals surface area contributed by atoms with Crippen molar-refractivity contribution >= 4 is 9.84 Å². The van der Waals surface area contributed by atoms with Gasteiger partial charge in [-0.05, 0) is 26.2 Å². The van der Waals surface area contributed by atoms with Crippen LogP contribution in [0.5, 0.6) is 0 Å². The molecule has 0 radical (unpaired) electrons. The molecule has 0 spiro atoms. The number of aromatic amines is 1. The standard InChI is InChI=1S/C13H20N2O5S/c1-3-6-21(18,19)8-10-4-5-11(20-10)15-7-9(2)12(16)14-13(15)17/h7,10-11H,3-6,8H2,1-2H3,(H,14,16,17)/t10-,11+/m0/s1. The molecule has 1 aliphatic heterocycles. The largest absolute Gasteiger partial charge is 0.354 e. The Morgan fingerprint density at radius 1 is 1.38 bits per heavy atom. The number of aryl methyl sites for hydroxylation is 1. The quantitative estimate of drug-likeness (QED) is 0.845. The first-order valence-corrected chi connectivity index (χ1v) is 8.82. The molecule has 1 aromatic rings. The van der Waals surface area contributed by atoms with Crippen LogP contribution in [0.15, 0.2) is 15.8 Å². The summed E-state index contributed by atoms with van der Waals surface area (Å²) in [4.78, 5) is 25.3. The first kappa shape index (κ1) is 16.0. The van der Waals surface area contributed by atoms with Crippen molar-refractivity contribution in [3.63, 3.8) is 0 Å². The van der Waals surface area contributed by atoms with E-state index in [0.717, 1.165) is 0 Å². The van der Waals surface area contributed by atoms with Gasteiger partial charge < -0.3 is 4.74 Å². The molecular weight excluding hydrogens is 296 g/mol. The van der Waals surface area contributed by atoms with Gasteiger partial charge in [0.15, 0.2) is 9.84 Å². The van der Waals surface area contributed by atoms with Crippen molar-refractivity contribution in [3.05, 3.63) is 32.6 Å². The van der Waals surface area contributed by atoms with Crippen LogP contribution in [-0.4, -0.2) is 35.6 Å². The molecule has 21 heavy (non-hydrogen) atoms. The Morgan fingerprint density at radius 3 is 2.76 bits per heavy atom. The molecule has 0 bridgehead atoms. The third kappa shape index (κ3) is 3.82. The fraction of sp³-hybridized carbons (Fsp3) is 0.692. The van der Waals surface area contributed by atoms with Gasteiger partial charge in [-0.15, -0.1) is 0 Å². The van der Waals surface area contributed by atoms with E-state index in [0.29, 0.717) is 24.8 Å². The van der Waals surface area contributed by atoms with Crippen molar-refractivity contribution in [2.45, 2.75) is 45.4 Å². The van der Waals surface area contributed by atoms with Crippen LogP contribution in [-0.2, 0) is 14.6 Å². The smallest absolute Gasteiger partial charge is 0.330 e. The maximum atomic E-state index is 11.8. The maximum Gasteiger partial charge on any atom is 0.330 e. The summed E-state index contributed by atoms with van der Waals surface area (Å²) < 4.78 is 30.6. The lowest BCUT2D eigenvalue weighted by Crippen LogP contribution is -2.33. The lowest BCUT2D eigenvalue weighted by atomic mass is 10.2. The number of nitrogens with one attached hydrogen (secondary N) is 1. The van der Waals surface area contributed by atoms with Gasteiger partial charge in [0, 0.05) is 11.8 Å². The highest BCUT2D eigenvalue weighted by molar-refractivity contribution is 7.91. The Balaban J connectivity index is 2.11. The average molecular weight is 316 g/mol. The van der Waals surface area contributed by atoms with Crippen molar-refractivity contribution in [2.24, 2.45) is 0 Å². The summed E-state index contributed by atoms with van der Waals surface area (Å²) in [5.41, 5.74) is -0.538. The number of hydrogen-bond acceptors (Lipinski definition) is 5. The highest BCUT2D eigenvalue weighted by Crippen LogP contribution is 2.28. The van der Waals surface area contributed by atoms with E-state index in [1.165, 1.54) is 10.8 Å². The Kier molecular flexibility index (Phi) is 4.67. The second-order valence-corrected chi connectivity index (χ2v) is 7.61. The number of rotatable bonds is 5. The fourth-order valence-electron chi connectivity index (χ4n) is 2.49. The van der Waals surface area contributed by atoms with E-state index in [1.807, 2.05) is 6.92 Å². The van der Waals surface area contributed by atoms with Gasteiger partial charge >= 0.3 is 5.69 Å². The number of ether oxygens (including phenoxy) is 1. The van der Waals surface area contributed by atoms with Gasteiger partial charge in [0.05, 0.1) is 17.6 Å². The summed E-state index contributed by atoms with van der Waals surface area (Å²) in [6.07, 6.45) is 2.25. The maximum absolute atomic E-state index is 11.8. The summed E-state index contributed by atoms with van der Waals surface area (Å²) >= 11 is 0. The molecule has 118 valence electrons. The predicted octanol–water partition coefficient (Wildman–Crippen LogP) is 0.347. The number of H-pyrrole nitrogens is 1. The average Bonchev–Trinajstić information content (AvgIpc) is 2.81. The SMILES string of the molecule is CCCS(=O)(=O)C[C@@H]1CC[C@H](n2cc(C)c(=O)[nH]c2=O)O1. The van der Waals surface area contributed by atoms with Gasteiger partial charge in [-0.2, -0.15) is 0 Å². The van der Waals surface area contributed by atoms with Crippen LogP contribution in [0.25, 0.3) is 0 Å². The van der Waals surface area contributed by atoms with Crippen LogP contribution in [0.3, 0.4) is 0 Å². The third-order valence-electron chi connectivity index (χ3n) is 3.50. The second-order valence-electron chi connectivity index (χ2n) is 5.38. The van der Waals surface area contributed by atoms with Gasteiger partial charge in [-0.1, -0.05) is 6.92 Å². The van der Waals surface area contributed by atoms with E-state index in [1.54, 1.807) is 6.92 Å². The molecule has 0 aromatic carbocycles. The summed E-state index contributed by atoms with van der Waals surface area (Å²) in [7, 11) is -3.12. The van der Waals surface area contributed by atoms with E-state index in [2.05, 4.69) is 4.98 Å². The van der Waals surface area contributed by atoms with Crippen molar-refractivity contribution in [2.75, 3.05) is 11.5 Å². The van der Waals surface area contributed by atoms with E-state index < -0.39 is 33.4 Å². The van der Waals surface area contributed by atoms with Crippen LogP contribution in [0, 0.1) is 6.92 Å². The number of sulfone groups is 1. The molecule has 1 N–H and O–H groups in total. The molecule has 0 amide bonds. The number of nitrogens with zero attached hydrogens (tertiary/aromatic N) is 1. The van der Waals surface area contributed by atoms with Crippen molar-refractivity contribution < 1.29 is 13.2 Å². The van der Waals surface area contributed by atoms with E-state index >= 15 is 0 Å². The highest BCUT2D eigenvalue weighted by Gasteiger charge is 2.30. The normalized spacial score (nSPS) is 22.6. The monoisotopic (exact) mass is 316 g/mol. The number of aromatic nitrogens is 2. The molecule has 1 aliphatic rings. The van der Waals surface area contributed by atoms with Gasteiger partial charge in [0.25, 0.3) is 5.56 Å². The molecule has 1 saturated heterocycles. The van der Waals surface area contributed by atoms with Gasteiger partial charge in [0.2, 0.25) is 0 Å². The van der Waals surface area contributed by atoms with Gasteiger partial charge in [-0.3, -0.25) is 14.3 Å². The topological polar surface area (TPSA) is 98.2 Å². The minimum Gasteiger partial charge on any atom is -0.354 e. The molecule has 2 heterocycles. The Hall–Kier alpha value is -1.41. The second kappa shape index (κ2) is 6.15. The van der Waals surface area contributed by atoms with Crippen LogP contribution in [0.2, 0.25) is 0 Å². The highest BCUT2D eigenvalue weighted by atomic mass is 32.2. The van der Waals surface area contributed by atoms with Crippen LogP contribution < -0.4 is 11.2 Å². The van der Waals surface area contributed by atoms with Crippen molar-refractivity contribution in [1.29, 1.82) is 0 Å². The molecule has 1 aromatic heterocycles. The van der Waals surface area contributed by atoms with Gasteiger partial charge in [0.1, 0.15) is 6.23 Å². The lowest BCUT2D eigenvalue weighted by Gasteiger charge is -2.16. The van der Waals surface area contributed by atoms with Crippen molar-refractivity contribution in [1.82, 2.24) is 9.55 Å². The van der Waals surface area contributed by atoms with E-state index in [4.69, 9.17) is 4.74 Å². The molecule has 0 saturated carbocycles. The summed E-state index contributed by atoms with van der Waals surface area (Å²) in [6.45, 7) is 3.42. The molecule has 0 aliphatic carbocycles. The van der Waals surface area contributed by atoms with Gasteiger partial charge in [-0.25, -0.2) is 13.2 Å². The minimum absolute atomic E-state index is 0.0194. The molecule has 8 heteroatoms. The molecule has 2 atom stereocenters. The van der Waals surface area contributed by atoms with Crippen LogP contribution >= 0.6 is 0 Å². The number of hydrogen-bond donors (Lipinski definition) is 1. The molecular formula is C13H20N2O5S. The Labute approximate surface area is 122 Å². The zero-order chi connectivity index (χ0) is 15.6. The van der Waals surface area contributed by atoms with E-state index in [-0.39, 0.29) is 11.5 Å². The van der Waals surface area contributed by atoms with Crippen LogP contribution in [0.1, 0.15) is 38.0 Å². The molecule has 0 unspecified atom stereocenters. The molecule has 7 nitrogen and oxygen atoms in total. The summed E-state index contributed by atoms with van der Waals surface area (Å²) in [6, 6.07) is 0. The zero-order valence-electron chi connectivity index (χ0n) is 12.2. The van der Waals surface area contributed by atoms with E-state index in [9.17, 15) is 18.0 Å². The molecule has 1 fully saturated rings. The van der Waals surface area contributed by atoms with Crippen molar-refractivity contribution in [3.8, 4) is 0 Å². The first-order valence-electron chi connectivity index (χ1n) is 7.00.